The van der Waals surface area contributed by atoms with Gasteiger partial charge in [0.1, 0.15) is 51.6 Å². The summed E-state index contributed by atoms with van der Waals surface area (Å²) < 4.78 is 52.1. The molecule has 13 aromatic rings. The van der Waals surface area contributed by atoms with Crippen LogP contribution in [0.3, 0.4) is 0 Å². The van der Waals surface area contributed by atoms with E-state index < -0.39 is 0 Å². The summed E-state index contributed by atoms with van der Waals surface area (Å²) in [5, 5.41) is 4.41. The molecule has 0 radical (unpaired) electrons. The number of nitrogen functional groups attached to an aromatic ring is 4. The SMILES string of the molecule is C=C(C)c1cc(Oc2ccc(OC)cc2N)c2c3c(Oc4ccc(OC)cc4N)cc4c(=O)n5c6ccccc6nc5c5cc(Oc6ccc(OC)cc6N)c(c6c(Oc7ccc(OC)cc7N)cc(C(C)=O)c1c26)c3c45.CC.Cc1ccccc1C. The van der Waals surface area contributed by atoms with Crippen molar-refractivity contribution in [2.45, 2.75) is 41.5 Å². The topological polar surface area (TPSA) is 229 Å². The first kappa shape index (κ1) is 57.7. The highest BCUT2D eigenvalue weighted by Crippen LogP contribution is 2.58. The smallest absolute Gasteiger partial charge is 0.264 e. The van der Waals surface area contributed by atoms with Crippen LogP contribution in [-0.2, 0) is 0 Å². The molecule has 0 aliphatic rings. The Morgan fingerprint density at radius 3 is 1.18 bits per heavy atom. The Balaban J connectivity index is 0.000000720. The summed E-state index contributed by atoms with van der Waals surface area (Å²) in [7, 11) is 6.16. The zero-order chi connectivity index (χ0) is 61.7. The number of imidazole rings is 1. The van der Waals surface area contributed by atoms with Crippen LogP contribution in [0.4, 0.5) is 22.7 Å². The van der Waals surface area contributed by atoms with E-state index in [0.717, 1.165) is 0 Å². The molecule has 0 aliphatic heterocycles. The summed E-state index contributed by atoms with van der Waals surface area (Å²) >= 11 is 0. The van der Waals surface area contributed by atoms with Crippen LogP contribution in [0.15, 0.2) is 157 Å². The number of anilines is 4. The number of aryl methyl sites for hydroxylation is 2. The lowest BCUT2D eigenvalue weighted by Gasteiger charge is -2.26. The highest BCUT2D eigenvalue weighted by Gasteiger charge is 2.33. The summed E-state index contributed by atoms with van der Waals surface area (Å²) in [6, 6.07) is 43.1. The number of nitrogens with two attached hydrogens (primary N) is 4. The Bertz CT molecular complexity index is 4810. The fourth-order valence-electron chi connectivity index (χ4n) is 11.1. The number of ether oxygens (including phenoxy) is 8. The number of carbonyl (C=O) groups excluding carboxylic acids is 1. The maximum atomic E-state index is 15.6. The van der Waals surface area contributed by atoms with Crippen LogP contribution < -0.4 is 66.4 Å². The van der Waals surface area contributed by atoms with Crippen LogP contribution in [0.2, 0.25) is 0 Å². The van der Waals surface area contributed by atoms with Crippen molar-refractivity contribution in [2.24, 2.45) is 0 Å². The van der Waals surface area contributed by atoms with Gasteiger partial charge in [-0.3, -0.25) is 14.0 Å². The number of rotatable bonds is 14. The second-order valence-electron chi connectivity index (χ2n) is 20.7. The Morgan fingerprint density at radius 1 is 0.437 bits per heavy atom. The molecule has 438 valence electrons. The highest BCUT2D eigenvalue weighted by molar-refractivity contribution is 6.43. The maximum Gasteiger partial charge on any atom is 0.264 e. The van der Waals surface area contributed by atoms with Crippen molar-refractivity contribution in [3.8, 4) is 69.0 Å². The summed E-state index contributed by atoms with van der Waals surface area (Å²) in [5.41, 5.74) is 33.4. The maximum absolute atomic E-state index is 15.6. The zero-order valence-electron chi connectivity index (χ0n) is 49.8. The van der Waals surface area contributed by atoms with Gasteiger partial charge in [0, 0.05) is 78.3 Å². The fraction of sp³-hybridized carbons (Fsp3) is 0.141. The van der Waals surface area contributed by atoms with Gasteiger partial charge in [0.25, 0.3) is 5.56 Å². The Labute approximate surface area is 501 Å². The number of Topliss-reactive ketones (excluding diaryl/α,β-unsaturated/α-hetero) is 1. The third kappa shape index (κ3) is 10.1. The molecule has 0 saturated carbocycles. The number of para-hydroxylation sites is 2. The molecule has 0 aliphatic carbocycles. The summed E-state index contributed by atoms with van der Waals surface area (Å²) in [4.78, 5) is 35.2. The van der Waals surface area contributed by atoms with Crippen LogP contribution in [0.5, 0.6) is 69.0 Å². The number of allylic oxidation sites excluding steroid dienone is 1. The number of benzene rings is 11. The van der Waals surface area contributed by atoms with Gasteiger partial charge in [0.15, 0.2) is 28.8 Å². The number of aromatic nitrogens is 2. The summed E-state index contributed by atoms with van der Waals surface area (Å²) in [6.07, 6.45) is 0. The molecule has 8 N–H and O–H groups in total. The van der Waals surface area contributed by atoms with E-state index in [1.54, 1.807) is 104 Å². The molecule has 0 unspecified atom stereocenters. The average Bonchev–Trinajstić information content (AvgIpc) is 1.47. The van der Waals surface area contributed by atoms with Crippen molar-refractivity contribution >= 4 is 105 Å². The minimum atomic E-state index is -0.384. The molecule has 16 heteroatoms. The lowest BCUT2D eigenvalue weighted by molar-refractivity contribution is 0.101. The van der Waals surface area contributed by atoms with Crippen LogP contribution in [0.25, 0.3) is 76.1 Å². The first-order valence-corrected chi connectivity index (χ1v) is 28.0. The van der Waals surface area contributed by atoms with Crippen molar-refractivity contribution in [1.82, 2.24) is 9.38 Å². The van der Waals surface area contributed by atoms with Crippen molar-refractivity contribution in [1.29, 1.82) is 0 Å². The summed E-state index contributed by atoms with van der Waals surface area (Å²) in [6.45, 7) is 16.0. The monoisotopic (exact) mass is 1160 g/mol. The number of nitrogens with zero attached hydrogens (tertiary/aromatic N) is 2. The molecule has 0 bridgehead atoms. The van der Waals surface area contributed by atoms with Gasteiger partial charge >= 0.3 is 0 Å². The second-order valence-corrected chi connectivity index (χ2v) is 20.7. The minimum Gasteiger partial charge on any atom is -0.497 e. The molecule has 13 rings (SSSR count). The molecule has 2 aromatic heterocycles. The summed E-state index contributed by atoms with van der Waals surface area (Å²) in [5.74, 6) is 3.61. The molecule has 0 fully saturated rings. The molecular formula is C71H64N6O10. The molecule has 0 spiro atoms. The number of carbonyl (C=O) groups is 1. The lowest BCUT2D eigenvalue weighted by Crippen LogP contribution is -2.14. The van der Waals surface area contributed by atoms with E-state index in [4.69, 9.17) is 65.8 Å². The first-order chi connectivity index (χ1) is 42.0. The molecular weight excluding hydrogens is 1100 g/mol. The van der Waals surface area contributed by atoms with Gasteiger partial charge in [0.05, 0.1) is 67.6 Å². The highest BCUT2D eigenvalue weighted by atomic mass is 16.5. The minimum absolute atomic E-state index is 0.177. The number of fused-ring (bicyclic) bond motifs is 6. The van der Waals surface area contributed by atoms with Crippen molar-refractivity contribution in [3.63, 3.8) is 0 Å². The lowest BCUT2D eigenvalue weighted by atomic mass is 9.82. The second kappa shape index (κ2) is 23.1. The quantitative estimate of drug-likeness (QED) is 0.0343. The van der Waals surface area contributed by atoms with Gasteiger partial charge in [-0.1, -0.05) is 62.4 Å². The van der Waals surface area contributed by atoms with E-state index in [-0.39, 0.29) is 91.0 Å². The van der Waals surface area contributed by atoms with E-state index in [0.29, 0.717) is 99.3 Å². The van der Waals surface area contributed by atoms with Gasteiger partial charge in [-0.2, -0.15) is 0 Å². The van der Waals surface area contributed by atoms with Gasteiger partial charge in [-0.05, 0) is 129 Å². The molecule has 0 saturated heterocycles. The predicted octanol–water partition coefficient (Wildman–Crippen LogP) is 16.6. The molecule has 11 aromatic carbocycles. The number of hydrogen-bond donors (Lipinski definition) is 4. The fourth-order valence-corrected chi connectivity index (χ4v) is 11.1. The molecule has 0 atom stereocenters. The number of methoxy groups -OCH3 is 4. The van der Waals surface area contributed by atoms with Gasteiger partial charge in [-0.15, -0.1) is 0 Å². The number of hydrogen-bond acceptors (Lipinski definition) is 15. The zero-order valence-corrected chi connectivity index (χ0v) is 49.8. The molecule has 16 nitrogen and oxygen atoms in total. The number of pyridine rings is 1. The van der Waals surface area contributed by atoms with Crippen molar-refractivity contribution in [2.75, 3.05) is 51.4 Å². The van der Waals surface area contributed by atoms with E-state index in [9.17, 15) is 4.79 Å². The van der Waals surface area contributed by atoms with Gasteiger partial charge in [0.2, 0.25) is 0 Å². The largest absolute Gasteiger partial charge is 0.497 e. The van der Waals surface area contributed by atoms with Gasteiger partial charge in [-0.25, -0.2) is 4.98 Å². The average molecular weight is 1160 g/mol. The van der Waals surface area contributed by atoms with E-state index >= 15 is 4.79 Å². The van der Waals surface area contributed by atoms with Crippen LogP contribution >= 0.6 is 0 Å². The van der Waals surface area contributed by atoms with Crippen LogP contribution in [0, 0.1) is 13.8 Å². The predicted molar refractivity (Wildman–Crippen MR) is 351 cm³/mol. The van der Waals surface area contributed by atoms with Crippen LogP contribution in [0.1, 0.15) is 54.7 Å². The molecule has 87 heavy (non-hydrogen) atoms. The van der Waals surface area contributed by atoms with Gasteiger partial charge < -0.3 is 60.8 Å². The third-order valence-corrected chi connectivity index (χ3v) is 15.4. The van der Waals surface area contributed by atoms with Crippen molar-refractivity contribution in [3.05, 3.63) is 185 Å². The molecule has 2 heterocycles. The Kier molecular flexibility index (Phi) is 15.3. The standard InChI is InChI=1S/C61H48N6O10.C8H10.C2H6/c1-28(2)34-24-48(74-44-16-12-30(70-4)20-38(44)62)54-57-51(77-47-19-15-33(73-7)23-41(47)65)27-37-53-36(60-66-42-10-8-9-11-43(42)67(60)61(37)69)26-50(76-46-18-14-32(72-6)22-40(46)64)56(59(53)57)55-49(25-35(29(3)68)52(34)58(54)55)75-45-17-13-31(71-5)21-39(45)63;1-7-5-3-4-6-8(7)2;1-2/h8-27H,1,62-65H2,2-7H3;3-6H,1-2H3;1-2H3. The Hall–Kier alpha value is -11.1. The van der Waals surface area contributed by atoms with Crippen molar-refractivity contribution < 1.29 is 42.7 Å². The van der Waals surface area contributed by atoms with E-state index in [2.05, 4.69) is 44.7 Å². The third-order valence-electron chi connectivity index (χ3n) is 15.4. The first-order valence-electron chi connectivity index (χ1n) is 28.0. The Morgan fingerprint density at radius 2 is 0.805 bits per heavy atom. The normalized spacial score (nSPS) is 11.2. The van der Waals surface area contributed by atoms with E-state index in [1.807, 2.05) is 57.2 Å². The molecule has 0 amide bonds. The van der Waals surface area contributed by atoms with Crippen LogP contribution in [-0.4, -0.2) is 43.6 Å². The number of ketones is 1. The van der Waals surface area contributed by atoms with E-state index in [1.165, 1.54) is 32.3 Å².